The van der Waals surface area contributed by atoms with Crippen LogP contribution in [-0.4, -0.2) is 45.2 Å². The fraction of sp³-hybridized carbons (Fsp3) is 0.333. The Morgan fingerprint density at radius 1 is 1.35 bits per heavy atom. The summed E-state index contributed by atoms with van der Waals surface area (Å²) in [4.78, 5) is 16.5. The molecule has 0 bridgehead atoms. The molecule has 0 spiro atoms. The number of amides is 1. The highest BCUT2D eigenvalue weighted by Crippen LogP contribution is 2.20. The van der Waals surface area contributed by atoms with Crippen LogP contribution >= 0.6 is 0 Å². The Morgan fingerprint density at radius 2 is 2.00 bits per heavy atom. The predicted molar refractivity (Wildman–Crippen MR) is 76.4 cm³/mol. The number of aliphatic hydroxyl groups is 1. The summed E-state index contributed by atoms with van der Waals surface area (Å²) in [7, 11) is 1.08. The second kappa shape index (κ2) is 6.82. The van der Waals surface area contributed by atoms with Crippen LogP contribution in [0.2, 0.25) is 0 Å². The first-order valence-corrected chi connectivity index (χ1v) is 6.82. The zero-order valence-corrected chi connectivity index (χ0v) is 12.4. The van der Waals surface area contributed by atoms with E-state index in [4.69, 9.17) is 0 Å². The Kier molecular flexibility index (Phi) is 5.05. The number of halogens is 3. The van der Waals surface area contributed by atoms with E-state index in [0.717, 1.165) is 7.05 Å². The van der Waals surface area contributed by atoms with E-state index >= 15 is 0 Å². The number of imidazole rings is 1. The van der Waals surface area contributed by atoms with Crippen LogP contribution in [0.25, 0.3) is 0 Å². The molecule has 8 heteroatoms. The van der Waals surface area contributed by atoms with Gasteiger partial charge in [-0.25, -0.2) is 4.98 Å². The third-order valence-corrected chi connectivity index (χ3v) is 3.26. The Hall–Kier alpha value is -2.35. The van der Waals surface area contributed by atoms with Crippen molar-refractivity contribution in [3.63, 3.8) is 0 Å². The van der Waals surface area contributed by atoms with Crippen molar-refractivity contribution in [3.05, 3.63) is 54.1 Å². The summed E-state index contributed by atoms with van der Waals surface area (Å²) in [6.07, 6.45) is -2.68. The smallest absolute Gasteiger partial charge is 0.380 e. The highest BCUT2D eigenvalue weighted by atomic mass is 19.4. The predicted octanol–water partition coefficient (Wildman–Crippen LogP) is 1.99. The molecule has 0 saturated heterocycles. The fourth-order valence-corrected chi connectivity index (χ4v) is 2.11. The summed E-state index contributed by atoms with van der Waals surface area (Å²) in [5.41, 5.74) is 0.580. The van der Waals surface area contributed by atoms with Crippen LogP contribution in [0.3, 0.4) is 0 Å². The monoisotopic (exact) mass is 327 g/mol. The summed E-state index contributed by atoms with van der Waals surface area (Å²) in [6.45, 7) is -1.65. The average Bonchev–Trinajstić information content (AvgIpc) is 2.93. The third kappa shape index (κ3) is 4.56. The first-order valence-electron chi connectivity index (χ1n) is 6.82. The molecule has 23 heavy (non-hydrogen) atoms. The summed E-state index contributed by atoms with van der Waals surface area (Å²) < 4.78 is 38.3. The number of likely N-dealkylation sites (N-methyl/N-ethyl adjacent to an activating group) is 1. The van der Waals surface area contributed by atoms with E-state index in [9.17, 15) is 23.1 Å². The molecule has 0 radical (unpaired) electrons. The van der Waals surface area contributed by atoms with E-state index in [1.165, 1.54) is 17.0 Å². The van der Waals surface area contributed by atoms with Crippen LogP contribution in [0.1, 0.15) is 17.5 Å². The molecule has 2 rings (SSSR count). The van der Waals surface area contributed by atoms with Crippen LogP contribution in [0.15, 0.2) is 42.7 Å². The molecule has 0 aliphatic heterocycles. The van der Waals surface area contributed by atoms with Crippen molar-refractivity contribution in [2.75, 3.05) is 13.6 Å². The standard InChI is InChI=1S/C15H16F3N3O2/c1-20(10-15(16,17)18)12(22)9-21-8-7-19-14(21)13(23)11-5-3-2-4-6-11/h2-8,13,23H,9-10H2,1H3/t13-/m1/s1. The van der Waals surface area contributed by atoms with E-state index < -0.39 is 24.7 Å². The van der Waals surface area contributed by atoms with Crippen molar-refractivity contribution in [2.24, 2.45) is 0 Å². The van der Waals surface area contributed by atoms with Crippen LogP contribution in [-0.2, 0) is 11.3 Å². The van der Waals surface area contributed by atoms with Crippen LogP contribution in [0, 0.1) is 0 Å². The first-order chi connectivity index (χ1) is 10.8. The largest absolute Gasteiger partial charge is 0.406 e. The maximum Gasteiger partial charge on any atom is 0.406 e. The molecule has 0 fully saturated rings. The maximum atomic E-state index is 12.3. The van der Waals surface area contributed by atoms with Crippen molar-refractivity contribution in [1.29, 1.82) is 0 Å². The average molecular weight is 327 g/mol. The van der Waals surface area contributed by atoms with E-state index in [1.807, 2.05) is 0 Å². The zero-order valence-electron chi connectivity index (χ0n) is 12.4. The minimum atomic E-state index is -4.45. The number of carbonyl (C=O) groups excluding carboxylic acids is 1. The number of benzene rings is 1. The summed E-state index contributed by atoms with van der Waals surface area (Å²) >= 11 is 0. The van der Waals surface area contributed by atoms with Crippen molar-refractivity contribution in [2.45, 2.75) is 18.8 Å². The normalized spacial score (nSPS) is 12.9. The van der Waals surface area contributed by atoms with Gasteiger partial charge < -0.3 is 14.6 Å². The van der Waals surface area contributed by atoms with E-state index in [0.29, 0.717) is 10.5 Å². The number of aromatic nitrogens is 2. The second-order valence-electron chi connectivity index (χ2n) is 5.09. The van der Waals surface area contributed by atoms with Crippen molar-refractivity contribution in [1.82, 2.24) is 14.5 Å². The Bertz CT molecular complexity index is 655. The minimum absolute atomic E-state index is 0.199. The lowest BCUT2D eigenvalue weighted by molar-refractivity contribution is -0.158. The van der Waals surface area contributed by atoms with Crippen LogP contribution < -0.4 is 0 Å². The number of carbonyl (C=O) groups is 1. The Labute approximate surface area is 131 Å². The lowest BCUT2D eigenvalue weighted by Gasteiger charge is -2.20. The second-order valence-corrected chi connectivity index (χ2v) is 5.09. The Morgan fingerprint density at radius 3 is 2.61 bits per heavy atom. The van der Waals surface area contributed by atoms with Gasteiger partial charge in [0, 0.05) is 19.4 Å². The number of aliphatic hydroxyl groups excluding tert-OH is 1. The third-order valence-electron chi connectivity index (χ3n) is 3.26. The Balaban J connectivity index is 2.11. The van der Waals surface area contributed by atoms with Crippen molar-refractivity contribution >= 4 is 5.91 Å². The molecule has 0 aliphatic carbocycles. The van der Waals surface area contributed by atoms with Gasteiger partial charge in [0.25, 0.3) is 0 Å². The van der Waals surface area contributed by atoms with Gasteiger partial charge in [-0.3, -0.25) is 4.79 Å². The molecule has 124 valence electrons. The van der Waals surface area contributed by atoms with Crippen molar-refractivity contribution < 1.29 is 23.1 Å². The quantitative estimate of drug-likeness (QED) is 0.914. The zero-order chi connectivity index (χ0) is 17.0. The topological polar surface area (TPSA) is 58.4 Å². The molecule has 1 amide bonds. The van der Waals surface area contributed by atoms with Crippen LogP contribution in [0.4, 0.5) is 13.2 Å². The molecule has 1 aromatic carbocycles. The summed E-state index contributed by atoms with van der Waals surface area (Å²) in [5.74, 6) is -0.521. The lowest BCUT2D eigenvalue weighted by Crippen LogP contribution is -2.38. The molecule has 0 saturated carbocycles. The number of rotatable bonds is 5. The number of nitrogens with zero attached hydrogens (tertiary/aromatic N) is 3. The number of hydrogen-bond donors (Lipinski definition) is 1. The molecule has 0 unspecified atom stereocenters. The molecule has 1 atom stereocenters. The van der Waals surface area contributed by atoms with Crippen molar-refractivity contribution in [3.8, 4) is 0 Å². The van der Waals surface area contributed by atoms with Gasteiger partial charge >= 0.3 is 6.18 Å². The van der Waals surface area contributed by atoms with Gasteiger partial charge in [-0.1, -0.05) is 30.3 Å². The van der Waals surface area contributed by atoms with E-state index in [1.54, 1.807) is 30.3 Å². The minimum Gasteiger partial charge on any atom is -0.380 e. The summed E-state index contributed by atoms with van der Waals surface area (Å²) in [5, 5.41) is 10.3. The van der Waals surface area contributed by atoms with Gasteiger partial charge in [-0.15, -0.1) is 0 Å². The van der Waals surface area contributed by atoms with Gasteiger partial charge in [0.15, 0.2) is 0 Å². The summed E-state index contributed by atoms with van der Waals surface area (Å²) in [6, 6.07) is 8.67. The SMILES string of the molecule is CN(CC(F)(F)F)C(=O)Cn1ccnc1[C@H](O)c1ccccc1. The molecule has 0 aliphatic rings. The lowest BCUT2D eigenvalue weighted by atomic mass is 10.1. The fourth-order valence-electron chi connectivity index (χ4n) is 2.11. The van der Waals surface area contributed by atoms with E-state index in [-0.39, 0.29) is 12.4 Å². The first kappa shape index (κ1) is 17.0. The maximum absolute atomic E-state index is 12.3. The number of alkyl halides is 3. The highest BCUT2D eigenvalue weighted by Gasteiger charge is 2.31. The molecule has 1 heterocycles. The molecule has 5 nitrogen and oxygen atoms in total. The van der Waals surface area contributed by atoms with Gasteiger partial charge in [-0.05, 0) is 5.56 Å². The molecule has 1 aromatic heterocycles. The van der Waals surface area contributed by atoms with Crippen LogP contribution in [0.5, 0.6) is 0 Å². The van der Waals surface area contributed by atoms with E-state index in [2.05, 4.69) is 4.98 Å². The highest BCUT2D eigenvalue weighted by molar-refractivity contribution is 5.75. The molecule has 1 N–H and O–H groups in total. The molecular formula is C15H16F3N3O2. The van der Waals surface area contributed by atoms with Gasteiger partial charge in [-0.2, -0.15) is 13.2 Å². The van der Waals surface area contributed by atoms with Gasteiger partial charge in [0.05, 0.1) is 0 Å². The number of hydrogen-bond acceptors (Lipinski definition) is 3. The molecule has 2 aromatic rings. The van der Waals surface area contributed by atoms with Gasteiger partial charge in [0.2, 0.25) is 5.91 Å². The molecular weight excluding hydrogens is 311 g/mol. The van der Waals surface area contributed by atoms with Gasteiger partial charge in [0.1, 0.15) is 25.0 Å².